The topological polar surface area (TPSA) is 65.2 Å². The van der Waals surface area contributed by atoms with E-state index in [-0.39, 0.29) is 23.9 Å². The summed E-state index contributed by atoms with van der Waals surface area (Å²) in [5, 5.41) is 0. The standard InChI is InChI=1S/C7H7BrN2O2.ClH/c1-12-7(11)5-2-4(8)3-6(9)10-5;/h2-3H,1H3,(H2,9,10);1H. The summed E-state index contributed by atoms with van der Waals surface area (Å²) in [6.45, 7) is 0. The summed E-state index contributed by atoms with van der Waals surface area (Å²) in [6, 6.07) is 3.15. The summed E-state index contributed by atoms with van der Waals surface area (Å²) in [4.78, 5) is 14.7. The number of hydrogen-bond donors (Lipinski definition) is 1. The van der Waals surface area contributed by atoms with Gasteiger partial charge in [0.05, 0.1) is 7.11 Å². The average Bonchev–Trinajstić information content (AvgIpc) is 2.01. The van der Waals surface area contributed by atoms with Crippen LogP contribution in [0.15, 0.2) is 16.6 Å². The van der Waals surface area contributed by atoms with Crippen LogP contribution in [0.1, 0.15) is 10.5 Å². The molecule has 0 radical (unpaired) electrons. The van der Waals surface area contributed by atoms with Gasteiger partial charge in [-0.05, 0) is 12.1 Å². The second-order valence-electron chi connectivity index (χ2n) is 2.09. The largest absolute Gasteiger partial charge is 0.464 e. The zero-order chi connectivity index (χ0) is 9.14. The highest BCUT2D eigenvalue weighted by Crippen LogP contribution is 2.14. The molecule has 0 aliphatic heterocycles. The smallest absolute Gasteiger partial charge is 0.356 e. The van der Waals surface area contributed by atoms with E-state index >= 15 is 0 Å². The lowest BCUT2D eigenvalue weighted by molar-refractivity contribution is 0.0594. The molecule has 0 atom stereocenters. The van der Waals surface area contributed by atoms with Gasteiger partial charge >= 0.3 is 5.97 Å². The highest BCUT2D eigenvalue weighted by atomic mass is 79.9. The highest BCUT2D eigenvalue weighted by molar-refractivity contribution is 9.10. The van der Waals surface area contributed by atoms with E-state index in [1.165, 1.54) is 7.11 Å². The molecule has 0 aromatic carbocycles. The van der Waals surface area contributed by atoms with Crippen molar-refractivity contribution in [3.05, 3.63) is 22.3 Å². The van der Waals surface area contributed by atoms with Crippen molar-refractivity contribution in [2.45, 2.75) is 0 Å². The van der Waals surface area contributed by atoms with Crippen molar-refractivity contribution in [3.8, 4) is 0 Å². The molecule has 0 amide bonds. The fourth-order valence-electron chi connectivity index (χ4n) is 0.726. The number of aromatic nitrogens is 1. The number of carbonyl (C=O) groups excluding carboxylic acids is 1. The Kier molecular flexibility index (Phi) is 4.72. The molecule has 0 unspecified atom stereocenters. The minimum atomic E-state index is -0.497. The maximum Gasteiger partial charge on any atom is 0.356 e. The van der Waals surface area contributed by atoms with E-state index in [0.717, 1.165) is 0 Å². The maximum atomic E-state index is 11.0. The van der Waals surface area contributed by atoms with Crippen molar-refractivity contribution in [2.24, 2.45) is 0 Å². The van der Waals surface area contributed by atoms with E-state index in [2.05, 4.69) is 25.7 Å². The van der Waals surface area contributed by atoms with E-state index in [0.29, 0.717) is 4.47 Å². The molecule has 4 nitrogen and oxygen atoms in total. The van der Waals surface area contributed by atoms with Gasteiger partial charge < -0.3 is 10.5 Å². The molecule has 1 heterocycles. The lowest BCUT2D eigenvalue weighted by Gasteiger charge is -1.99. The Morgan fingerprint density at radius 1 is 1.62 bits per heavy atom. The van der Waals surface area contributed by atoms with Crippen molar-refractivity contribution in [1.29, 1.82) is 0 Å². The zero-order valence-corrected chi connectivity index (χ0v) is 9.18. The van der Waals surface area contributed by atoms with Crippen LogP contribution in [0.4, 0.5) is 5.82 Å². The molecule has 13 heavy (non-hydrogen) atoms. The van der Waals surface area contributed by atoms with Crippen LogP contribution in [0, 0.1) is 0 Å². The first-order valence-electron chi connectivity index (χ1n) is 3.15. The highest BCUT2D eigenvalue weighted by Gasteiger charge is 2.07. The molecule has 0 spiro atoms. The molecule has 0 saturated carbocycles. The Hall–Kier alpha value is -0.810. The average molecular weight is 268 g/mol. The van der Waals surface area contributed by atoms with Crippen molar-refractivity contribution in [2.75, 3.05) is 12.8 Å². The summed E-state index contributed by atoms with van der Waals surface area (Å²) in [7, 11) is 1.29. The number of halogens is 2. The molecule has 0 saturated heterocycles. The molecule has 0 fully saturated rings. The summed E-state index contributed by atoms with van der Waals surface area (Å²) >= 11 is 3.18. The Morgan fingerprint density at radius 2 is 2.23 bits per heavy atom. The van der Waals surface area contributed by atoms with Gasteiger partial charge in [0.15, 0.2) is 5.69 Å². The molecule has 1 aromatic heterocycles. The molecule has 72 valence electrons. The number of methoxy groups -OCH3 is 1. The van der Waals surface area contributed by atoms with Crippen LogP contribution >= 0.6 is 28.3 Å². The molecule has 0 bridgehead atoms. The van der Waals surface area contributed by atoms with Gasteiger partial charge in [-0.15, -0.1) is 12.4 Å². The second-order valence-corrected chi connectivity index (χ2v) is 3.00. The fraction of sp³-hybridized carbons (Fsp3) is 0.143. The Labute approximate surface area is 90.0 Å². The van der Waals surface area contributed by atoms with Crippen LogP contribution in [0.3, 0.4) is 0 Å². The minimum absolute atomic E-state index is 0. The molecular weight excluding hydrogens is 259 g/mol. The molecular formula is C7H8BrClN2O2. The molecule has 0 aliphatic carbocycles. The van der Waals surface area contributed by atoms with Gasteiger partial charge in [-0.2, -0.15) is 0 Å². The first-order chi connectivity index (χ1) is 5.63. The summed E-state index contributed by atoms with van der Waals surface area (Å²) < 4.78 is 5.17. The van der Waals surface area contributed by atoms with Crippen LogP contribution in [0.25, 0.3) is 0 Å². The lowest BCUT2D eigenvalue weighted by atomic mass is 10.3. The van der Waals surface area contributed by atoms with Crippen molar-refractivity contribution < 1.29 is 9.53 Å². The van der Waals surface area contributed by atoms with Crippen LogP contribution in [-0.2, 0) is 4.74 Å². The van der Waals surface area contributed by atoms with Gasteiger partial charge in [-0.1, -0.05) is 15.9 Å². The van der Waals surface area contributed by atoms with E-state index in [1.54, 1.807) is 12.1 Å². The summed E-state index contributed by atoms with van der Waals surface area (Å²) in [5.74, 6) is -0.215. The van der Waals surface area contributed by atoms with Gasteiger partial charge in [-0.25, -0.2) is 9.78 Å². The van der Waals surface area contributed by atoms with Gasteiger partial charge in [0.1, 0.15) is 5.82 Å². The van der Waals surface area contributed by atoms with Gasteiger partial charge in [0.2, 0.25) is 0 Å². The Bertz CT molecular complexity index is 299. The fourth-order valence-corrected chi connectivity index (χ4v) is 1.18. The van der Waals surface area contributed by atoms with Crippen molar-refractivity contribution in [1.82, 2.24) is 4.98 Å². The number of hydrogen-bond acceptors (Lipinski definition) is 4. The first-order valence-corrected chi connectivity index (χ1v) is 3.94. The number of anilines is 1. The summed E-state index contributed by atoms with van der Waals surface area (Å²) in [6.07, 6.45) is 0. The third-order valence-electron chi connectivity index (χ3n) is 1.20. The Balaban J connectivity index is 0.00000144. The van der Waals surface area contributed by atoms with Crippen LogP contribution in [0.5, 0.6) is 0 Å². The predicted octanol–water partition coefficient (Wildman–Crippen LogP) is 1.63. The van der Waals surface area contributed by atoms with E-state index in [9.17, 15) is 4.79 Å². The number of rotatable bonds is 1. The quantitative estimate of drug-likeness (QED) is 0.786. The number of nitrogens with zero attached hydrogens (tertiary/aromatic N) is 1. The minimum Gasteiger partial charge on any atom is -0.464 e. The predicted molar refractivity (Wildman–Crippen MR) is 54.9 cm³/mol. The van der Waals surface area contributed by atoms with E-state index in [4.69, 9.17) is 5.73 Å². The SMILES string of the molecule is COC(=O)c1cc(Br)cc(N)n1.Cl. The van der Waals surface area contributed by atoms with Gasteiger partial charge in [0.25, 0.3) is 0 Å². The van der Waals surface area contributed by atoms with E-state index in [1.807, 2.05) is 0 Å². The van der Waals surface area contributed by atoms with Crippen LogP contribution in [0.2, 0.25) is 0 Å². The first kappa shape index (κ1) is 12.2. The maximum absolute atomic E-state index is 11.0. The van der Waals surface area contributed by atoms with Crippen LogP contribution < -0.4 is 5.73 Å². The molecule has 6 heteroatoms. The Morgan fingerprint density at radius 3 is 2.69 bits per heavy atom. The van der Waals surface area contributed by atoms with Crippen LogP contribution in [-0.4, -0.2) is 18.1 Å². The van der Waals surface area contributed by atoms with Gasteiger partial charge in [0, 0.05) is 4.47 Å². The van der Waals surface area contributed by atoms with Gasteiger partial charge in [-0.3, -0.25) is 0 Å². The second kappa shape index (κ2) is 5.04. The number of nitrogen functional groups attached to an aromatic ring is 1. The third kappa shape index (κ3) is 3.20. The summed E-state index contributed by atoms with van der Waals surface area (Å²) in [5.41, 5.74) is 5.60. The molecule has 0 aliphatic rings. The number of pyridine rings is 1. The molecule has 1 rings (SSSR count). The molecule has 2 N–H and O–H groups in total. The zero-order valence-electron chi connectivity index (χ0n) is 6.78. The van der Waals surface area contributed by atoms with Crippen molar-refractivity contribution >= 4 is 40.1 Å². The van der Waals surface area contributed by atoms with Crippen molar-refractivity contribution in [3.63, 3.8) is 0 Å². The normalized spacial score (nSPS) is 8.77. The third-order valence-corrected chi connectivity index (χ3v) is 1.66. The monoisotopic (exact) mass is 266 g/mol. The number of esters is 1. The number of ether oxygens (including phenoxy) is 1. The number of carbonyl (C=O) groups is 1. The van der Waals surface area contributed by atoms with E-state index < -0.39 is 5.97 Å². The lowest BCUT2D eigenvalue weighted by Crippen LogP contribution is -2.05. The molecule has 1 aromatic rings. The number of nitrogens with two attached hydrogens (primary N) is 1.